The van der Waals surface area contributed by atoms with E-state index in [9.17, 15) is 4.79 Å². The Morgan fingerprint density at radius 3 is 2.69 bits per heavy atom. The molecule has 2 N–H and O–H groups in total. The maximum Gasteiger partial charge on any atom is 0.268 e. The van der Waals surface area contributed by atoms with Crippen molar-refractivity contribution in [2.24, 2.45) is 0 Å². The lowest BCUT2D eigenvalue weighted by atomic mass is 10.1. The van der Waals surface area contributed by atoms with E-state index in [0.717, 1.165) is 40.1 Å². The molecule has 9 nitrogen and oxygen atoms in total. The van der Waals surface area contributed by atoms with E-state index in [0.29, 0.717) is 33.7 Å². The van der Waals surface area contributed by atoms with E-state index in [1.54, 1.807) is 26.4 Å². The molecule has 164 valence electrons. The molecule has 3 heterocycles. The lowest BCUT2D eigenvalue weighted by Crippen LogP contribution is -2.12. The summed E-state index contributed by atoms with van der Waals surface area (Å²) in [6.45, 7) is 3.90. The predicted octanol–water partition coefficient (Wildman–Crippen LogP) is 4.24. The van der Waals surface area contributed by atoms with E-state index in [2.05, 4.69) is 25.5 Å². The molecule has 10 heteroatoms. The first-order valence-electron chi connectivity index (χ1n) is 10.2. The van der Waals surface area contributed by atoms with Crippen molar-refractivity contribution >= 4 is 33.4 Å². The number of rotatable bonds is 6. The van der Waals surface area contributed by atoms with Crippen LogP contribution in [0.5, 0.6) is 11.5 Å². The molecule has 1 aliphatic rings. The quantitative estimate of drug-likeness (QED) is 0.451. The zero-order valence-corrected chi connectivity index (χ0v) is 19.0. The number of fused-ring (bicyclic) bond motifs is 1. The highest BCUT2D eigenvalue weighted by molar-refractivity contribution is 7.20. The Morgan fingerprint density at radius 2 is 1.97 bits per heavy atom. The summed E-state index contributed by atoms with van der Waals surface area (Å²) < 4.78 is 10.7. The summed E-state index contributed by atoms with van der Waals surface area (Å²) in [6, 6.07) is 5.38. The first-order valence-corrected chi connectivity index (χ1v) is 11.0. The van der Waals surface area contributed by atoms with Crippen LogP contribution in [0.1, 0.15) is 45.5 Å². The number of methoxy groups -OCH3 is 2. The zero-order chi connectivity index (χ0) is 22.4. The number of carbonyl (C=O) groups is 1. The monoisotopic (exact) mass is 450 g/mol. The minimum atomic E-state index is -0.273. The molecule has 0 radical (unpaired) electrons. The zero-order valence-electron chi connectivity index (χ0n) is 18.1. The number of nitrogens with one attached hydrogen (secondary N) is 2. The Hall–Kier alpha value is -3.53. The number of carbonyl (C=O) groups excluding carboxylic acids is 1. The molecule has 1 aromatic carbocycles. The summed E-state index contributed by atoms with van der Waals surface area (Å²) in [5, 5.41) is 10.7. The average Bonchev–Trinajstić information content (AvgIpc) is 3.46. The first-order chi connectivity index (χ1) is 15.5. The van der Waals surface area contributed by atoms with Crippen LogP contribution in [0.15, 0.2) is 18.2 Å². The molecular weight excluding hydrogens is 428 g/mol. The van der Waals surface area contributed by atoms with Crippen molar-refractivity contribution in [1.82, 2.24) is 25.1 Å². The van der Waals surface area contributed by atoms with Gasteiger partial charge in [-0.25, -0.2) is 9.97 Å². The second-order valence-corrected chi connectivity index (χ2v) is 8.70. The molecule has 5 rings (SSSR count). The summed E-state index contributed by atoms with van der Waals surface area (Å²) in [5.41, 5.74) is 2.49. The van der Waals surface area contributed by atoms with Crippen LogP contribution in [0, 0.1) is 13.8 Å². The number of H-pyrrole nitrogens is 1. The van der Waals surface area contributed by atoms with E-state index >= 15 is 0 Å². The summed E-state index contributed by atoms with van der Waals surface area (Å²) in [7, 11) is 3.16. The van der Waals surface area contributed by atoms with Gasteiger partial charge >= 0.3 is 0 Å². The third-order valence-electron chi connectivity index (χ3n) is 5.51. The second-order valence-electron chi connectivity index (χ2n) is 7.71. The van der Waals surface area contributed by atoms with E-state index in [-0.39, 0.29) is 11.9 Å². The third kappa shape index (κ3) is 3.56. The summed E-state index contributed by atoms with van der Waals surface area (Å²) in [6.07, 6.45) is 2.27. The van der Waals surface area contributed by atoms with Gasteiger partial charge in [0.1, 0.15) is 22.2 Å². The average molecular weight is 451 g/mol. The SMILES string of the molecule is COc1ccc(-c2nc(NC(=O)c3sc4nc(C5CC5)nc(C)c4c3C)n[nH]2)c(OC)c1. The highest BCUT2D eigenvalue weighted by Crippen LogP contribution is 2.40. The van der Waals surface area contributed by atoms with Crippen molar-refractivity contribution in [2.45, 2.75) is 32.6 Å². The van der Waals surface area contributed by atoms with Gasteiger partial charge in [0.05, 0.1) is 30.4 Å². The predicted molar refractivity (Wildman–Crippen MR) is 122 cm³/mol. The van der Waals surface area contributed by atoms with E-state index in [1.165, 1.54) is 11.3 Å². The molecule has 3 aromatic heterocycles. The molecule has 0 saturated heterocycles. The van der Waals surface area contributed by atoms with Crippen LogP contribution < -0.4 is 14.8 Å². The van der Waals surface area contributed by atoms with E-state index in [1.807, 2.05) is 19.9 Å². The molecule has 0 bridgehead atoms. The van der Waals surface area contributed by atoms with Crippen molar-refractivity contribution < 1.29 is 14.3 Å². The lowest BCUT2D eigenvalue weighted by molar-refractivity contribution is 0.102. The normalized spacial score (nSPS) is 13.4. The minimum absolute atomic E-state index is 0.182. The van der Waals surface area contributed by atoms with Gasteiger partial charge in [0, 0.05) is 17.4 Å². The van der Waals surface area contributed by atoms with Crippen molar-refractivity contribution in [1.29, 1.82) is 0 Å². The van der Waals surface area contributed by atoms with Crippen LogP contribution in [-0.2, 0) is 0 Å². The number of aromatic amines is 1. The number of amides is 1. The van der Waals surface area contributed by atoms with Gasteiger partial charge in [-0.05, 0) is 44.4 Å². The molecule has 0 atom stereocenters. The maximum atomic E-state index is 13.0. The van der Waals surface area contributed by atoms with Crippen molar-refractivity contribution in [2.75, 3.05) is 19.5 Å². The van der Waals surface area contributed by atoms with Crippen molar-refractivity contribution in [3.8, 4) is 22.9 Å². The van der Waals surface area contributed by atoms with E-state index in [4.69, 9.17) is 14.5 Å². The molecule has 1 aliphatic carbocycles. The molecular formula is C22H22N6O3S. The Morgan fingerprint density at radius 1 is 1.16 bits per heavy atom. The molecule has 32 heavy (non-hydrogen) atoms. The van der Waals surface area contributed by atoms with Crippen LogP contribution >= 0.6 is 11.3 Å². The summed E-state index contributed by atoms with van der Waals surface area (Å²) in [4.78, 5) is 28.2. The van der Waals surface area contributed by atoms with Gasteiger partial charge in [-0.2, -0.15) is 4.98 Å². The van der Waals surface area contributed by atoms with E-state index < -0.39 is 0 Å². The fourth-order valence-electron chi connectivity index (χ4n) is 3.69. The number of hydrogen-bond donors (Lipinski definition) is 2. The Labute approximate surface area is 188 Å². The topological polar surface area (TPSA) is 115 Å². The highest BCUT2D eigenvalue weighted by atomic mass is 32.1. The third-order valence-corrected chi connectivity index (χ3v) is 6.70. The molecule has 0 spiro atoms. The minimum Gasteiger partial charge on any atom is -0.497 e. The number of nitrogens with zero attached hydrogens (tertiary/aromatic N) is 4. The Bertz CT molecular complexity index is 1340. The molecule has 1 saturated carbocycles. The molecule has 0 aliphatic heterocycles. The van der Waals surface area contributed by atoms with Crippen molar-refractivity contribution in [3.63, 3.8) is 0 Å². The summed E-state index contributed by atoms with van der Waals surface area (Å²) in [5.74, 6) is 2.98. The maximum absolute atomic E-state index is 13.0. The highest BCUT2D eigenvalue weighted by Gasteiger charge is 2.28. The number of thiophene rings is 1. The van der Waals surface area contributed by atoms with Gasteiger partial charge in [0.15, 0.2) is 5.82 Å². The largest absolute Gasteiger partial charge is 0.497 e. The van der Waals surface area contributed by atoms with Gasteiger partial charge in [-0.3, -0.25) is 15.2 Å². The number of benzene rings is 1. The van der Waals surface area contributed by atoms with Crippen LogP contribution in [0.4, 0.5) is 5.95 Å². The fraction of sp³-hybridized carbons (Fsp3) is 0.318. The number of aryl methyl sites for hydroxylation is 2. The van der Waals surface area contributed by atoms with Crippen LogP contribution in [0.25, 0.3) is 21.6 Å². The van der Waals surface area contributed by atoms with Crippen LogP contribution in [0.2, 0.25) is 0 Å². The number of hydrogen-bond acceptors (Lipinski definition) is 8. The first kappa shape index (κ1) is 20.4. The fourth-order valence-corrected chi connectivity index (χ4v) is 4.83. The lowest BCUT2D eigenvalue weighted by Gasteiger charge is -2.07. The molecule has 1 fully saturated rings. The van der Waals surface area contributed by atoms with Gasteiger partial charge in [-0.1, -0.05) is 0 Å². The molecule has 4 aromatic rings. The number of aromatic nitrogens is 5. The smallest absolute Gasteiger partial charge is 0.268 e. The second kappa shape index (κ2) is 7.86. The Balaban J connectivity index is 1.42. The van der Waals surface area contributed by atoms with Gasteiger partial charge in [-0.15, -0.1) is 16.4 Å². The molecule has 0 unspecified atom stereocenters. The van der Waals surface area contributed by atoms with Gasteiger partial charge in [0.2, 0.25) is 5.95 Å². The Kier molecular flexibility index (Phi) is 5.01. The van der Waals surface area contributed by atoms with Crippen molar-refractivity contribution in [3.05, 3.63) is 40.2 Å². The molecule has 1 amide bonds. The number of anilines is 1. The number of ether oxygens (including phenoxy) is 2. The standard InChI is InChI=1S/C22H22N6O3S/c1-10-16-11(2)23-18(12-5-6-12)24-21(16)32-17(10)20(29)26-22-25-19(27-28-22)14-8-7-13(30-3)9-15(14)31-4/h7-9,12H,5-6H2,1-4H3,(H2,25,26,27,28,29). The van der Waals surface area contributed by atoms with Crippen LogP contribution in [-0.4, -0.2) is 45.3 Å². The summed E-state index contributed by atoms with van der Waals surface area (Å²) >= 11 is 1.38. The van der Waals surface area contributed by atoms with Gasteiger partial charge in [0.25, 0.3) is 5.91 Å². The van der Waals surface area contributed by atoms with Gasteiger partial charge < -0.3 is 9.47 Å². The van der Waals surface area contributed by atoms with Crippen LogP contribution in [0.3, 0.4) is 0 Å².